The van der Waals surface area contributed by atoms with Crippen LogP contribution in [0, 0.1) is 11.6 Å². The number of hydrogen-bond donors (Lipinski definition) is 0. The van der Waals surface area contributed by atoms with Gasteiger partial charge in [0.2, 0.25) is 0 Å². The summed E-state index contributed by atoms with van der Waals surface area (Å²) in [6, 6.07) is 9.98. The molecule has 0 nitrogen and oxygen atoms in total. The summed E-state index contributed by atoms with van der Waals surface area (Å²) >= 11 is 12.5. The van der Waals surface area contributed by atoms with Gasteiger partial charge in [-0.25, -0.2) is 8.78 Å². The van der Waals surface area contributed by atoms with E-state index in [1.165, 1.54) is 12.1 Å². The molecule has 0 saturated heterocycles. The summed E-state index contributed by atoms with van der Waals surface area (Å²) in [4.78, 5) is 0. The van der Waals surface area contributed by atoms with Crippen molar-refractivity contribution in [1.29, 1.82) is 0 Å². The second-order valence-corrected chi connectivity index (χ2v) is 6.37. The highest BCUT2D eigenvalue weighted by Crippen LogP contribution is 2.29. The third-order valence-corrected chi connectivity index (χ3v) is 4.72. The lowest BCUT2D eigenvalue weighted by Crippen LogP contribution is -2.08. The van der Waals surface area contributed by atoms with E-state index in [1.54, 1.807) is 6.07 Å². The van der Waals surface area contributed by atoms with E-state index in [2.05, 4.69) is 31.9 Å². The number of rotatable bonds is 4. The van der Waals surface area contributed by atoms with Crippen molar-refractivity contribution in [2.75, 3.05) is 5.33 Å². The summed E-state index contributed by atoms with van der Waals surface area (Å²) in [5.41, 5.74) is 1.04. The van der Waals surface area contributed by atoms with Crippen LogP contribution in [0.1, 0.15) is 17.0 Å². The Morgan fingerprint density at radius 1 is 1.15 bits per heavy atom. The number of hydrogen-bond acceptors (Lipinski definition) is 0. The van der Waals surface area contributed by atoms with E-state index in [-0.39, 0.29) is 22.4 Å². The van der Waals surface area contributed by atoms with Crippen LogP contribution >= 0.6 is 43.5 Å². The Hall–Kier alpha value is -0.450. The second-order valence-electron chi connectivity index (χ2n) is 4.43. The van der Waals surface area contributed by atoms with Gasteiger partial charge in [0.25, 0.3) is 0 Å². The zero-order valence-electron chi connectivity index (χ0n) is 10.3. The maximum Gasteiger partial charge on any atom is 0.143 e. The van der Waals surface area contributed by atoms with Crippen molar-refractivity contribution in [2.45, 2.75) is 12.3 Å². The Balaban J connectivity index is 2.34. The van der Waals surface area contributed by atoms with Crippen molar-refractivity contribution < 1.29 is 8.78 Å². The third kappa shape index (κ3) is 3.60. The van der Waals surface area contributed by atoms with Gasteiger partial charge in [0.05, 0.1) is 4.47 Å². The molecule has 0 heterocycles. The Labute approximate surface area is 138 Å². The largest absolute Gasteiger partial charge is 0.207 e. The van der Waals surface area contributed by atoms with E-state index < -0.39 is 11.6 Å². The Bertz CT molecular complexity index is 617. The lowest BCUT2D eigenvalue weighted by atomic mass is 9.93. The summed E-state index contributed by atoms with van der Waals surface area (Å²) in [7, 11) is 0. The lowest BCUT2D eigenvalue weighted by Gasteiger charge is -2.16. The zero-order valence-corrected chi connectivity index (χ0v) is 14.3. The predicted octanol–water partition coefficient (Wildman–Crippen LogP) is 6.10. The molecule has 106 valence electrons. The van der Waals surface area contributed by atoms with E-state index in [4.69, 9.17) is 11.6 Å². The highest BCUT2D eigenvalue weighted by molar-refractivity contribution is 9.10. The van der Waals surface area contributed by atoms with E-state index in [0.29, 0.717) is 10.4 Å². The topological polar surface area (TPSA) is 0 Å². The van der Waals surface area contributed by atoms with Crippen LogP contribution in [-0.4, -0.2) is 5.33 Å². The first-order chi connectivity index (χ1) is 9.52. The van der Waals surface area contributed by atoms with Gasteiger partial charge in [-0.2, -0.15) is 0 Å². The molecule has 2 rings (SSSR count). The SMILES string of the molecule is Fc1ccc(Br)c(F)c1CC(CBr)c1cccc(Cl)c1. The maximum atomic E-state index is 14.0. The molecule has 0 spiro atoms. The van der Waals surface area contributed by atoms with Gasteiger partial charge in [0.1, 0.15) is 11.6 Å². The minimum absolute atomic E-state index is 0.0491. The van der Waals surface area contributed by atoms with Crippen molar-refractivity contribution in [3.63, 3.8) is 0 Å². The maximum absolute atomic E-state index is 14.0. The average Bonchev–Trinajstić information content (AvgIpc) is 2.43. The van der Waals surface area contributed by atoms with Crippen LogP contribution in [0.2, 0.25) is 5.02 Å². The van der Waals surface area contributed by atoms with Crippen LogP contribution in [0.25, 0.3) is 0 Å². The standard InChI is InChI=1S/C15H11Br2ClF2/c16-8-10(9-2-1-3-11(18)6-9)7-12-14(19)5-4-13(17)15(12)20/h1-6,10H,7-8H2. The van der Waals surface area contributed by atoms with Gasteiger partial charge in [-0.1, -0.05) is 39.7 Å². The van der Waals surface area contributed by atoms with Crippen molar-refractivity contribution >= 4 is 43.5 Å². The first-order valence-electron chi connectivity index (χ1n) is 5.96. The second kappa shape index (κ2) is 7.01. The normalized spacial score (nSPS) is 12.4. The average molecular weight is 425 g/mol. The van der Waals surface area contributed by atoms with Gasteiger partial charge in [-0.05, 0) is 58.1 Å². The fourth-order valence-electron chi connectivity index (χ4n) is 2.02. The van der Waals surface area contributed by atoms with Crippen LogP contribution < -0.4 is 0 Å². The lowest BCUT2D eigenvalue weighted by molar-refractivity contribution is 0.541. The van der Waals surface area contributed by atoms with E-state index in [9.17, 15) is 8.78 Å². The van der Waals surface area contributed by atoms with Crippen molar-refractivity contribution in [3.05, 3.63) is 68.7 Å². The summed E-state index contributed by atoms with van der Waals surface area (Å²) in [5, 5.41) is 1.21. The van der Waals surface area contributed by atoms with Crippen LogP contribution in [0.3, 0.4) is 0 Å². The molecule has 0 aliphatic rings. The minimum atomic E-state index is -0.544. The highest BCUT2D eigenvalue weighted by atomic mass is 79.9. The molecular formula is C15H11Br2ClF2. The third-order valence-electron chi connectivity index (χ3n) is 3.10. The fraction of sp³-hybridized carbons (Fsp3) is 0.200. The monoisotopic (exact) mass is 422 g/mol. The van der Waals surface area contributed by atoms with E-state index in [1.807, 2.05) is 18.2 Å². The zero-order chi connectivity index (χ0) is 14.7. The van der Waals surface area contributed by atoms with Crippen LogP contribution in [-0.2, 0) is 6.42 Å². The summed E-state index contributed by atoms with van der Waals surface area (Å²) in [6.07, 6.45) is 0.267. The number of benzene rings is 2. The Morgan fingerprint density at radius 3 is 2.55 bits per heavy atom. The summed E-state index contributed by atoms with van der Waals surface area (Å²) in [6.45, 7) is 0. The van der Waals surface area contributed by atoms with Crippen molar-refractivity contribution in [1.82, 2.24) is 0 Å². The van der Waals surface area contributed by atoms with E-state index in [0.717, 1.165) is 5.56 Å². The molecule has 1 atom stereocenters. The molecule has 0 bridgehead atoms. The molecule has 0 saturated carbocycles. The van der Waals surface area contributed by atoms with Crippen molar-refractivity contribution in [3.8, 4) is 0 Å². The molecule has 0 aliphatic heterocycles. The quantitative estimate of drug-likeness (QED) is 0.411. The molecule has 0 aliphatic carbocycles. The smallest absolute Gasteiger partial charge is 0.143 e. The van der Waals surface area contributed by atoms with Crippen LogP contribution in [0.4, 0.5) is 8.78 Å². The molecule has 0 fully saturated rings. The molecular weight excluding hydrogens is 413 g/mol. The van der Waals surface area contributed by atoms with Gasteiger partial charge in [-0.15, -0.1) is 0 Å². The van der Waals surface area contributed by atoms with Gasteiger partial charge in [0.15, 0.2) is 0 Å². The van der Waals surface area contributed by atoms with Crippen LogP contribution in [0.15, 0.2) is 40.9 Å². The molecule has 2 aromatic rings. The molecule has 20 heavy (non-hydrogen) atoms. The van der Waals surface area contributed by atoms with Crippen molar-refractivity contribution in [2.24, 2.45) is 0 Å². The van der Waals surface area contributed by atoms with Gasteiger partial charge >= 0.3 is 0 Å². The predicted molar refractivity (Wildman–Crippen MR) is 85.7 cm³/mol. The summed E-state index contributed by atoms with van der Waals surface area (Å²) < 4.78 is 28.1. The molecule has 0 radical (unpaired) electrons. The van der Waals surface area contributed by atoms with Crippen LogP contribution in [0.5, 0.6) is 0 Å². The van der Waals surface area contributed by atoms with Gasteiger partial charge < -0.3 is 0 Å². The Morgan fingerprint density at radius 2 is 1.90 bits per heavy atom. The molecule has 0 N–H and O–H groups in total. The summed E-state index contributed by atoms with van der Waals surface area (Å²) in [5.74, 6) is -1.12. The number of halogens is 5. The fourth-order valence-corrected chi connectivity index (χ4v) is 3.20. The molecule has 1 unspecified atom stereocenters. The molecule has 5 heteroatoms. The first-order valence-corrected chi connectivity index (χ1v) is 8.26. The minimum Gasteiger partial charge on any atom is -0.207 e. The van der Waals surface area contributed by atoms with E-state index >= 15 is 0 Å². The van der Waals surface area contributed by atoms with Gasteiger partial charge in [-0.3, -0.25) is 0 Å². The highest BCUT2D eigenvalue weighted by Gasteiger charge is 2.18. The van der Waals surface area contributed by atoms with Gasteiger partial charge in [0, 0.05) is 15.9 Å². The Kier molecular flexibility index (Phi) is 5.58. The number of alkyl halides is 1. The molecule has 0 aromatic heterocycles. The molecule has 2 aromatic carbocycles. The molecule has 0 amide bonds. The first kappa shape index (κ1) is 15.9.